The summed E-state index contributed by atoms with van der Waals surface area (Å²) in [5.41, 5.74) is 1.09. The second kappa shape index (κ2) is 8.27. The Bertz CT molecular complexity index is 721. The van der Waals surface area contributed by atoms with E-state index in [0.29, 0.717) is 26.2 Å². The third-order valence-corrected chi connectivity index (χ3v) is 5.30. The fourth-order valence-corrected chi connectivity index (χ4v) is 3.71. The van der Waals surface area contributed by atoms with Crippen LogP contribution in [0, 0.1) is 6.92 Å². The van der Waals surface area contributed by atoms with Crippen molar-refractivity contribution >= 4 is 23.2 Å². The lowest BCUT2D eigenvalue weighted by Crippen LogP contribution is -2.51. The van der Waals surface area contributed by atoms with Gasteiger partial charge in [-0.05, 0) is 24.6 Å². The van der Waals surface area contributed by atoms with Gasteiger partial charge in [-0.2, -0.15) is 0 Å². The van der Waals surface area contributed by atoms with E-state index in [-0.39, 0.29) is 11.8 Å². The van der Waals surface area contributed by atoms with Crippen LogP contribution in [0.5, 0.6) is 0 Å². The molecule has 0 aliphatic carbocycles. The van der Waals surface area contributed by atoms with Crippen molar-refractivity contribution in [1.29, 1.82) is 0 Å². The van der Waals surface area contributed by atoms with E-state index < -0.39 is 0 Å². The standard InChI is InChI=1S/C19H23N3O2S/c1-15-7-8-17(25-15)19(24)22-11-9-21(10-12-22)14-18(23)20-13-16-5-3-2-4-6-16/h2-8H,9-14H2,1H3,(H,20,23). The minimum absolute atomic E-state index is 0.0255. The molecule has 25 heavy (non-hydrogen) atoms. The molecular weight excluding hydrogens is 334 g/mol. The van der Waals surface area contributed by atoms with Crippen molar-refractivity contribution in [1.82, 2.24) is 15.1 Å². The van der Waals surface area contributed by atoms with Gasteiger partial charge in [0, 0.05) is 37.6 Å². The molecule has 0 unspecified atom stereocenters. The van der Waals surface area contributed by atoms with E-state index >= 15 is 0 Å². The SMILES string of the molecule is Cc1ccc(C(=O)N2CCN(CC(=O)NCc3ccccc3)CC2)s1. The maximum Gasteiger partial charge on any atom is 0.264 e. The minimum atomic E-state index is 0.0255. The molecule has 1 fully saturated rings. The van der Waals surface area contributed by atoms with Gasteiger partial charge in [0.25, 0.3) is 5.91 Å². The van der Waals surface area contributed by atoms with E-state index in [1.54, 1.807) is 0 Å². The lowest BCUT2D eigenvalue weighted by molar-refractivity contribution is -0.122. The van der Waals surface area contributed by atoms with Crippen LogP contribution in [0.3, 0.4) is 0 Å². The summed E-state index contributed by atoms with van der Waals surface area (Å²) in [4.78, 5) is 30.5. The molecule has 6 heteroatoms. The monoisotopic (exact) mass is 357 g/mol. The Kier molecular flexibility index (Phi) is 5.83. The van der Waals surface area contributed by atoms with Crippen LogP contribution in [0.2, 0.25) is 0 Å². The zero-order valence-electron chi connectivity index (χ0n) is 14.4. The summed E-state index contributed by atoms with van der Waals surface area (Å²) in [7, 11) is 0. The van der Waals surface area contributed by atoms with Crippen LogP contribution in [0.1, 0.15) is 20.1 Å². The summed E-state index contributed by atoms with van der Waals surface area (Å²) in [6, 6.07) is 13.8. The molecule has 1 N–H and O–H groups in total. The Morgan fingerprint density at radius 2 is 1.76 bits per heavy atom. The van der Waals surface area contributed by atoms with Crippen LogP contribution in [0.4, 0.5) is 0 Å². The van der Waals surface area contributed by atoms with Gasteiger partial charge in [-0.3, -0.25) is 14.5 Å². The van der Waals surface area contributed by atoms with Crippen LogP contribution < -0.4 is 5.32 Å². The van der Waals surface area contributed by atoms with Gasteiger partial charge in [-0.15, -0.1) is 11.3 Å². The maximum atomic E-state index is 12.4. The Balaban J connectivity index is 1.41. The second-order valence-electron chi connectivity index (χ2n) is 6.24. The molecule has 2 aromatic rings. The first-order valence-electron chi connectivity index (χ1n) is 8.50. The molecule has 0 saturated carbocycles. The number of carbonyl (C=O) groups excluding carboxylic acids is 2. The molecular formula is C19H23N3O2S. The van der Waals surface area contributed by atoms with Crippen molar-refractivity contribution in [3.05, 3.63) is 57.8 Å². The molecule has 1 aromatic carbocycles. The number of carbonyl (C=O) groups is 2. The maximum absolute atomic E-state index is 12.4. The van der Waals surface area contributed by atoms with Crippen molar-refractivity contribution in [2.45, 2.75) is 13.5 Å². The lowest BCUT2D eigenvalue weighted by atomic mass is 10.2. The van der Waals surface area contributed by atoms with E-state index in [4.69, 9.17) is 0 Å². The predicted molar refractivity (Wildman–Crippen MR) is 99.7 cm³/mol. The largest absolute Gasteiger partial charge is 0.351 e. The molecule has 2 amide bonds. The highest BCUT2D eigenvalue weighted by Crippen LogP contribution is 2.18. The van der Waals surface area contributed by atoms with Crippen molar-refractivity contribution in [3.63, 3.8) is 0 Å². The van der Waals surface area contributed by atoms with Crippen molar-refractivity contribution in [2.24, 2.45) is 0 Å². The number of hydrogen-bond acceptors (Lipinski definition) is 4. The zero-order valence-corrected chi connectivity index (χ0v) is 15.2. The normalized spacial score (nSPS) is 15.2. The Morgan fingerprint density at radius 3 is 2.40 bits per heavy atom. The van der Waals surface area contributed by atoms with Crippen LogP contribution in [-0.2, 0) is 11.3 Å². The number of benzene rings is 1. The summed E-state index contributed by atoms with van der Waals surface area (Å²) >= 11 is 1.54. The van der Waals surface area contributed by atoms with Crippen molar-refractivity contribution in [3.8, 4) is 0 Å². The molecule has 1 aliphatic rings. The molecule has 2 heterocycles. The molecule has 0 spiro atoms. The van der Waals surface area contributed by atoms with E-state index in [9.17, 15) is 9.59 Å². The number of piperazine rings is 1. The van der Waals surface area contributed by atoms with Gasteiger partial charge in [0.05, 0.1) is 11.4 Å². The highest BCUT2D eigenvalue weighted by atomic mass is 32.1. The number of aryl methyl sites for hydroxylation is 1. The van der Waals surface area contributed by atoms with Crippen molar-refractivity contribution < 1.29 is 9.59 Å². The Hall–Kier alpha value is -2.18. The fourth-order valence-electron chi connectivity index (χ4n) is 2.87. The third kappa shape index (κ3) is 4.90. The average Bonchev–Trinajstić information content (AvgIpc) is 3.07. The molecule has 0 radical (unpaired) electrons. The first-order chi connectivity index (χ1) is 12.1. The van der Waals surface area contributed by atoms with Crippen molar-refractivity contribution in [2.75, 3.05) is 32.7 Å². The zero-order chi connectivity index (χ0) is 17.6. The highest BCUT2D eigenvalue weighted by Gasteiger charge is 2.23. The molecule has 5 nitrogen and oxygen atoms in total. The van der Waals surface area contributed by atoms with Crippen LogP contribution >= 0.6 is 11.3 Å². The van der Waals surface area contributed by atoms with E-state index in [1.807, 2.05) is 54.3 Å². The molecule has 0 bridgehead atoms. The molecule has 1 aliphatic heterocycles. The van der Waals surface area contributed by atoms with Crippen LogP contribution in [0.25, 0.3) is 0 Å². The number of nitrogens with one attached hydrogen (secondary N) is 1. The molecule has 1 aromatic heterocycles. The summed E-state index contributed by atoms with van der Waals surface area (Å²) < 4.78 is 0. The van der Waals surface area contributed by atoms with E-state index in [2.05, 4.69) is 10.2 Å². The van der Waals surface area contributed by atoms with Gasteiger partial charge < -0.3 is 10.2 Å². The molecule has 132 valence electrons. The minimum Gasteiger partial charge on any atom is -0.351 e. The van der Waals surface area contributed by atoms with Crippen LogP contribution in [-0.4, -0.2) is 54.3 Å². The molecule has 1 saturated heterocycles. The number of rotatable bonds is 5. The summed E-state index contributed by atoms with van der Waals surface area (Å²) in [5, 5.41) is 2.95. The Labute approximate surface area is 152 Å². The molecule has 3 rings (SSSR count). The van der Waals surface area contributed by atoms with Gasteiger partial charge >= 0.3 is 0 Å². The number of amides is 2. The van der Waals surface area contributed by atoms with Gasteiger partial charge in [0.2, 0.25) is 5.91 Å². The van der Waals surface area contributed by atoms with E-state index in [0.717, 1.165) is 28.4 Å². The summed E-state index contributed by atoms with van der Waals surface area (Å²) in [6.07, 6.45) is 0. The predicted octanol–water partition coefficient (Wildman–Crippen LogP) is 2.13. The van der Waals surface area contributed by atoms with Gasteiger partial charge in [-0.1, -0.05) is 30.3 Å². The number of nitrogens with zero attached hydrogens (tertiary/aromatic N) is 2. The average molecular weight is 357 g/mol. The third-order valence-electron chi connectivity index (χ3n) is 4.31. The van der Waals surface area contributed by atoms with Gasteiger partial charge in [0.1, 0.15) is 0 Å². The molecule has 0 atom stereocenters. The van der Waals surface area contributed by atoms with Gasteiger partial charge in [-0.25, -0.2) is 0 Å². The summed E-state index contributed by atoms with van der Waals surface area (Å²) in [6.45, 7) is 5.74. The number of thiophene rings is 1. The second-order valence-corrected chi connectivity index (χ2v) is 7.53. The first kappa shape index (κ1) is 17.6. The van der Waals surface area contributed by atoms with E-state index in [1.165, 1.54) is 11.3 Å². The smallest absolute Gasteiger partial charge is 0.264 e. The summed E-state index contributed by atoms with van der Waals surface area (Å²) in [5.74, 6) is 0.129. The quantitative estimate of drug-likeness (QED) is 0.892. The Morgan fingerprint density at radius 1 is 1.04 bits per heavy atom. The topological polar surface area (TPSA) is 52.7 Å². The number of hydrogen-bond donors (Lipinski definition) is 1. The van der Waals surface area contributed by atoms with Gasteiger partial charge in [0.15, 0.2) is 0 Å². The van der Waals surface area contributed by atoms with Crippen LogP contribution in [0.15, 0.2) is 42.5 Å². The first-order valence-corrected chi connectivity index (χ1v) is 9.32. The highest BCUT2D eigenvalue weighted by molar-refractivity contribution is 7.13. The fraction of sp³-hybridized carbons (Fsp3) is 0.368. The lowest BCUT2D eigenvalue weighted by Gasteiger charge is -2.34.